The molecule has 1 amide bonds. The van der Waals surface area contributed by atoms with Gasteiger partial charge in [0.15, 0.2) is 0 Å². The lowest BCUT2D eigenvalue weighted by Crippen LogP contribution is -2.05. The number of aryl methyl sites for hydroxylation is 1. The molecule has 2 N–H and O–H groups in total. The van der Waals surface area contributed by atoms with Crippen LogP contribution in [0.25, 0.3) is 10.9 Å². The highest BCUT2D eigenvalue weighted by Crippen LogP contribution is 2.30. The van der Waals surface area contributed by atoms with E-state index in [1.807, 2.05) is 42.1 Å². The van der Waals surface area contributed by atoms with Crippen molar-refractivity contribution < 1.29 is 27.8 Å². The number of fused-ring (bicyclic) bond motifs is 1. The number of carbonyl (C=O) groups is 1. The van der Waals surface area contributed by atoms with Gasteiger partial charge in [0, 0.05) is 35.9 Å². The van der Waals surface area contributed by atoms with Crippen molar-refractivity contribution in [2.45, 2.75) is 12.8 Å². The normalized spacial score (nSPS) is 10.9. The number of anilines is 1. The zero-order valence-electron chi connectivity index (χ0n) is 16.9. The first-order chi connectivity index (χ1) is 15.3. The van der Waals surface area contributed by atoms with E-state index < -0.39 is 11.7 Å². The predicted molar refractivity (Wildman–Crippen MR) is 112 cm³/mol. The van der Waals surface area contributed by atoms with Crippen LogP contribution in [-0.2, 0) is 24.6 Å². The number of rotatable bonds is 5. The molecule has 0 bridgehead atoms. The Morgan fingerprint density at radius 1 is 1.12 bits per heavy atom. The molecule has 0 aliphatic rings. The molecule has 0 aliphatic heterocycles. The van der Waals surface area contributed by atoms with Crippen LogP contribution in [0.15, 0.2) is 67.1 Å². The number of aliphatic hydroxyl groups excluding tert-OH is 1. The van der Waals surface area contributed by atoms with E-state index in [0.29, 0.717) is 23.7 Å². The number of amides is 1. The van der Waals surface area contributed by atoms with E-state index >= 15 is 0 Å². The summed E-state index contributed by atoms with van der Waals surface area (Å²) in [4.78, 5) is 17.9. The number of hydrogen-bond donors (Lipinski definition) is 2. The largest absolute Gasteiger partial charge is 0.439 e. The first-order valence-electron chi connectivity index (χ1n) is 9.32. The molecule has 7 nitrogen and oxygen atoms in total. The number of halogens is 3. The molecule has 32 heavy (non-hydrogen) atoms. The Bertz CT molecular complexity index is 1210. The smallest absolute Gasteiger partial charge is 0.416 e. The Balaban J connectivity index is 0.000000195. The Morgan fingerprint density at radius 3 is 2.66 bits per heavy atom. The number of benzene rings is 2. The molecule has 4 aromatic rings. The molecular weight excluding hydrogens is 425 g/mol. The molecule has 0 saturated carbocycles. The molecule has 0 saturated heterocycles. The third kappa shape index (κ3) is 5.82. The molecule has 166 valence electrons. The van der Waals surface area contributed by atoms with Gasteiger partial charge in [0.25, 0.3) is 0 Å². The van der Waals surface area contributed by atoms with E-state index in [0.717, 1.165) is 23.0 Å². The highest BCUT2D eigenvalue weighted by atomic mass is 19.4. The molecule has 0 atom stereocenters. The average molecular weight is 444 g/mol. The van der Waals surface area contributed by atoms with Crippen LogP contribution in [-0.4, -0.2) is 26.1 Å². The van der Waals surface area contributed by atoms with Gasteiger partial charge in [-0.05, 0) is 42.5 Å². The van der Waals surface area contributed by atoms with Crippen molar-refractivity contribution in [1.29, 1.82) is 0 Å². The molecule has 10 heteroatoms. The maximum Gasteiger partial charge on any atom is 0.416 e. The minimum absolute atomic E-state index is 0.128. The number of alkyl halides is 3. The lowest BCUT2D eigenvalue weighted by molar-refractivity contribution is -0.137. The van der Waals surface area contributed by atoms with Gasteiger partial charge in [0.05, 0.1) is 17.9 Å². The quantitative estimate of drug-likeness (QED) is 0.442. The molecule has 2 aromatic heterocycles. The fraction of sp³-hybridized carbons (Fsp3) is 0.136. The minimum Gasteiger partial charge on any atom is -0.439 e. The first kappa shape index (κ1) is 22.8. The lowest BCUT2D eigenvalue weighted by Gasteiger charge is -2.07. The standard InChI is InChI=1S/C14H13N3O2.C8H6F3NO/c1-17-5-4-10-6-12(2-3-13(10)17)19-14-7-11(8-18)15-9-16-14;9-8(10,11)6-2-1-3-7(4-6)12-5-13/h2-7,9,18H,8H2,1H3;1-5H,(H,12,13). The fourth-order valence-corrected chi connectivity index (χ4v) is 2.82. The monoisotopic (exact) mass is 444 g/mol. The van der Waals surface area contributed by atoms with Crippen LogP contribution in [0.4, 0.5) is 18.9 Å². The SMILES string of the molecule is Cn1ccc2cc(Oc3cc(CO)ncn3)ccc21.O=CNc1cccc(C(F)(F)F)c1. The van der Waals surface area contributed by atoms with Crippen LogP contribution in [0.2, 0.25) is 0 Å². The second-order valence-electron chi connectivity index (χ2n) is 6.60. The van der Waals surface area contributed by atoms with E-state index in [-0.39, 0.29) is 12.3 Å². The third-order valence-electron chi connectivity index (χ3n) is 4.36. The minimum atomic E-state index is -4.37. The average Bonchev–Trinajstić information content (AvgIpc) is 3.14. The Hall–Kier alpha value is -3.92. The van der Waals surface area contributed by atoms with E-state index in [2.05, 4.69) is 15.3 Å². The van der Waals surface area contributed by atoms with Gasteiger partial charge in [-0.3, -0.25) is 4.79 Å². The number of nitrogens with one attached hydrogen (secondary N) is 1. The summed E-state index contributed by atoms with van der Waals surface area (Å²) in [7, 11) is 2.00. The highest BCUT2D eigenvalue weighted by molar-refractivity contribution is 5.81. The zero-order valence-corrected chi connectivity index (χ0v) is 16.9. The van der Waals surface area contributed by atoms with Gasteiger partial charge in [-0.25, -0.2) is 9.97 Å². The van der Waals surface area contributed by atoms with Gasteiger partial charge in [0.1, 0.15) is 12.1 Å². The van der Waals surface area contributed by atoms with Gasteiger partial charge in [0.2, 0.25) is 12.3 Å². The Morgan fingerprint density at radius 2 is 1.94 bits per heavy atom. The summed E-state index contributed by atoms with van der Waals surface area (Å²) in [5, 5.41) is 12.3. The number of aromatic nitrogens is 3. The summed E-state index contributed by atoms with van der Waals surface area (Å²) in [5.74, 6) is 1.13. The third-order valence-corrected chi connectivity index (χ3v) is 4.36. The van der Waals surface area contributed by atoms with Crippen molar-refractivity contribution in [3.63, 3.8) is 0 Å². The molecule has 4 rings (SSSR count). The molecule has 2 aromatic carbocycles. The van der Waals surface area contributed by atoms with Crippen molar-refractivity contribution in [2.24, 2.45) is 7.05 Å². The summed E-state index contributed by atoms with van der Waals surface area (Å²) in [5.41, 5.74) is 1.03. The summed E-state index contributed by atoms with van der Waals surface area (Å²) >= 11 is 0. The molecular formula is C22H19F3N4O3. The maximum absolute atomic E-state index is 12.1. The summed E-state index contributed by atoms with van der Waals surface area (Å²) < 4.78 is 44.0. The van der Waals surface area contributed by atoms with Gasteiger partial charge in [-0.15, -0.1) is 0 Å². The van der Waals surface area contributed by atoms with E-state index in [1.54, 1.807) is 6.07 Å². The number of aliphatic hydroxyl groups is 1. The van der Waals surface area contributed by atoms with Gasteiger partial charge in [-0.1, -0.05) is 6.07 Å². The van der Waals surface area contributed by atoms with Crippen LogP contribution >= 0.6 is 0 Å². The molecule has 0 spiro atoms. The molecule has 0 aliphatic carbocycles. The number of ether oxygens (including phenoxy) is 1. The van der Waals surface area contributed by atoms with Gasteiger partial charge < -0.3 is 19.7 Å². The van der Waals surface area contributed by atoms with Crippen LogP contribution in [0.1, 0.15) is 11.3 Å². The number of carbonyl (C=O) groups excluding carboxylic acids is 1. The summed E-state index contributed by atoms with van der Waals surface area (Å²) in [6, 6.07) is 13.9. The molecule has 0 unspecified atom stereocenters. The number of nitrogens with zero attached hydrogens (tertiary/aromatic N) is 3. The lowest BCUT2D eigenvalue weighted by atomic mass is 10.2. The van der Waals surface area contributed by atoms with Crippen LogP contribution < -0.4 is 10.1 Å². The van der Waals surface area contributed by atoms with E-state index in [1.165, 1.54) is 18.5 Å². The highest BCUT2D eigenvalue weighted by Gasteiger charge is 2.30. The van der Waals surface area contributed by atoms with Gasteiger partial charge in [-0.2, -0.15) is 13.2 Å². The van der Waals surface area contributed by atoms with Crippen molar-refractivity contribution in [1.82, 2.24) is 14.5 Å². The van der Waals surface area contributed by atoms with Crippen LogP contribution in [0, 0.1) is 0 Å². The van der Waals surface area contributed by atoms with E-state index in [9.17, 15) is 18.0 Å². The molecule has 0 radical (unpaired) electrons. The number of hydrogen-bond acceptors (Lipinski definition) is 5. The first-order valence-corrected chi connectivity index (χ1v) is 9.32. The predicted octanol–water partition coefficient (Wildman–Crippen LogP) is 4.53. The maximum atomic E-state index is 12.1. The Labute approximate surface area is 181 Å². The topological polar surface area (TPSA) is 89.3 Å². The molecule has 2 heterocycles. The van der Waals surface area contributed by atoms with E-state index in [4.69, 9.17) is 9.84 Å². The van der Waals surface area contributed by atoms with Gasteiger partial charge >= 0.3 is 6.18 Å². The van der Waals surface area contributed by atoms with Crippen LogP contribution in [0.3, 0.4) is 0 Å². The summed E-state index contributed by atoms with van der Waals surface area (Å²) in [6.45, 7) is -0.128. The Kier molecular flexibility index (Phi) is 7.06. The van der Waals surface area contributed by atoms with Crippen molar-refractivity contribution in [3.05, 3.63) is 78.4 Å². The second kappa shape index (κ2) is 9.92. The van der Waals surface area contributed by atoms with Crippen molar-refractivity contribution in [2.75, 3.05) is 5.32 Å². The van der Waals surface area contributed by atoms with Crippen molar-refractivity contribution >= 4 is 23.0 Å². The fourth-order valence-electron chi connectivity index (χ4n) is 2.82. The zero-order chi connectivity index (χ0) is 23.1. The summed E-state index contributed by atoms with van der Waals surface area (Å²) in [6.07, 6.45) is -0.666. The second-order valence-corrected chi connectivity index (χ2v) is 6.60. The molecule has 0 fully saturated rings. The van der Waals surface area contributed by atoms with Crippen LogP contribution in [0.5, 0.6) is 11.6 Å². The van der Waals surface area contributed by atoms with Crippen molar-refractivity contribution in [3.8, 4) is 11.6 Å².